The van der Waals surface area contributed by atoms with Crippen molar-refractivity contribution < 1.29 is 9.90 Å². The van der Waals surface area contributed by atoms with E-state index in [9.17, 15) is 4.79 Å². The Balaban J connectivity index is 2.11. The monoisotopic (exact) mass is 245 g/mol. The fourth-order valence-electron chi connectivity index (χ4n) is 1.80. The van der Waals surface area contributed by atoms with Gasteiger partial charge in [-0.3, -0.25) is 9.67 Å². The van der Waals surface area contributed by atoms with E-state index in [0.29, 0.717) is 6.54 Å². The highest BCUT2D eigenvalue weighted by atomic mass is 16.4. The average Bonchev–Trinajstić information content (AvgIpc) is 2.81. The van der Waals surface area contributed by atoms with E-state index in [4.69, 9.17) is 5.11 Å². The average molecular weight is 245 g/mol. The third-order valence-electron chi connectivity index (χ3n) is 2.75. The molecule has 2 aromatic heterocycles. The van der Waals surface area contributed by atoms with Crippen LogP contribution in [0.15, 0.2) is 30.5 Å². The van der Waals surface area contributed by atoms with Crippen LogP contribution in [0.2, 0.25) is 0 Å². The lowest BCUT2D eigenvalue weighted by molar-refractivity contribution is 0.0689. The van der Waals surface area contributed by atoms with E-state index in [-0.39, 0.29) is 5.69 Å². The molecule has 94 valence electrons. The number of carbonyl (C=O) groups is 1. The van der Waals surface area contributed by atoms with E-state index < -0.39 is 5.97 Å². The highest BCUT2D eigenvalue weighted by Crippen LogP contribution is 2.07. The fourth-order valence-corrected chi connectivity index (χ4v) is 1.80. The maximum atomic E-state index is 10.9. The number of hydrogen-bond acceptors (Lipinski definition) is 3. The Morgan fingerprint density at radius 3 is 2.89 bits per heavy atom. The second-order valence-corrected chi connectivity index (χ2v) is 3.97. The highest BCUT2D eigenvalue weighted by molar-refractivity contribution is 5.85. The van der Waals surface area contributed by atoms with Gasteiger partial charge in [0, 0.05) is 30.6 Å². The molecule has 0 radical (unpaired) electrons. The molecule has 5 heteroatoms. The van der Waals surface area contributed by atoms with Crippen LogP contribution in [0.3, 0.4) is 0 Å². The molecular weight excluding hydrogens is 230 g/mol. The normalized spacial score (nSPS) is 10.5. The van der Waals surface area contributed by atoms with E-state index >= 15 is 0 Å². The number of aromatic carboxylic acids is 1. The second-order valence-electron chi connectivity index (χ2n) is 3.97. The molecule has 2 aromatic rings. The smallest absolute Gasteiger partial charge is 0.356 e. The van der Waals surface area contributed by atoms with Gasteiger partial charge >= 0.3 is 5.97 Å². The van der Waals surface area contributed by atoms with Gasteiger partial charge in [0.25, 0.3) is 0 Å². The Morgan fingerprint density at radius 1 is 1.44 bits per heavy atom. The van der Waals surface area contributed by atoms with Crippen molar-refractivity contribution in [2.45, 2.75) is 26.3 Å². The molecule has 0 saturated carbocycles. The largest absolute Gasteiger partial charge is 0.476 e. The van der Waals surface area contributed by atoms with Crippen molar-refractivity contribution in [3.8, 4) is 0 Å². The molecule has 0 saturated heterocycles. The van der Waals surface area contributed by atoms with Crippen LogP contribution in [-0.4, -0.2) is 25.8 Å². The third kappa shape index (κ3) is 2.74. The predicted octanol–water partition coefficient (Wildman–Crippen LogP) is 1.78. The van der Waals surface area contributed by atoms with E-state index in [1.54, 1.807) is 16.9 Å². The molecule has 0 bridgehead atoms. The molecule has 0 fully saturated rings. The molecule has 2 rings (SSSR count). The lowest BCUT2D eigenvalue weighted by Gasteiger charge is -2.05. The van der Waals surface area contributed by atoms with Crippen LogP contribution in [-0.2, 0) is 19.4 Å². The van der Waals surface area contributed by atoms with E-state index in [2.05, 4.69) is 10.1 Å². The summed E-state index contributed by atoms with van der Waals surface area (Å²) in [7, 11) is 0. The van der Waals surface area contributed by atoms with Gasteiger partial charge in [0.15, 0.2) is 5.69 Å². The van der Waals surface area contributed by atoms with Crippen LogP contribution in [0.1, 0.15) is 28.8 Å². The molecule has 18 heavy (non-hydrogen) atoms. The molecule has 0 aliphatic heterocycles. The zero-order valence-electron chi connectivity index (χ0n) is 10.2. The number of rotatable bonds is 5. The quantitative estimate of drug-likeness (QED) is 0.871. The standard InChI is InChI=1S/C13H15N3O2/c1-2-11-9-12(13(17)18)15-16(11)8-6-10-5-3-4-7-14-10/h3-5,7,9H,2,6,8H2,1H3,(H,17,18). The van der Waals surface area contributed by atoms with Crippen molar-refractivity contribution in [1.82, 2.24) is 14.8 Å². The molecule has 0 aliphatic carbocycles. The SMILES string of the molecule is CCc1cc(C(=O)O)nn1CCc1ccccn1. The van der Waals surface area contributed by atoms with Crippen LogP contribution < -0.4 is 0 Å². The van der Waals surface area contributed by atoms with E-state index in [1.807, 2.05) is 25.1 Å². The molecule has 0 amide bonds. The molecule has 0 aliphatic rings. The zero-order chi connectivity index (χ0) is 13.0. The summed E-state index contributed by atoms with van der Waals surface area (Å²) in [6, 6.07) is 7.39. The molecule has 0 atom stereocenters. The van der Waals surface area contributed by atoms with E-state index in [1.165, 1.54) is 0 Å². The van der Waals surface area contributed by atoms with Crippen LogP contribution in [0.25, 0.3) is 0 Å². The number of nitrogens with zero attached hydrogens (tertiary/aromatic N) is 3. The Hall–Kier alpha value is -2.17. The maximum Gasteiger partial charge on any atom is 0.356 e. The van der Waals surface area contributed by atoms with Gasteiger partial charge in [0.1, 0.15) is 0 Å². The number of aryl methyl sites for hydroxylation is 3. The first-order valence-corrected chi connectivity index (χ1v) is 5.90. The van der Waals surface area contributed by atoms with Crippen molar-refractivity contribution in [3.63, 3.8) is 0 Å². The molecule has 0 unspecified atom stereocenters. The minimum absolute atomic E-state index is 0.105. The summed E-state index contributed by atoms with van der Waals surface area (Å²) in [5.41, 5.74) is 2.02. The van der Waals surface area contributed by atoms with Gasteiger partial charge in [-0.05, 0) is 24.6 Å². The number of hydrogen-bond donors (Lipinski definition) is 1. The van der Waals surface area contributed by atoms with Crippen molar-refractivity contribution in [3.05, 3.63) is 47.5 Å². The second kappa shape index (κ2) is 5.44. The molecule has 5 nitrogen and oxygen atoms in total. The van der Waals surface area contributed by atoms with Crippen molar-refractivity contribution in [1.29, 1.82) is 0 Å². The minimum atomic E-state index is -0.985. The zero-order valence-corrected chi connectivity index (χ0v) is 10.2. The lowest BCUT2D eigenvalue weighted by Crippen LogP contribution is -2.08. The first-order chi connectivity index (χ1) is 8.70. The van der Waals surface area contributed by atoms with Gasteiger partial charge < -0.3 is 5.11 Å². The fraction of sp³-hybridized carbons (Fsp3) is 0.308. The van der Waals surface area contributed by atoms with Gasteiger partial charge in [-0.2, -0.15) is 5.10 Å². The van der Waals surface area contributed by atoms with Gasteiger partial charge in [0.05, 0.1) is 0 Å². The summed E-state index contributed by atoms with van der Waals surface area (Å²) >= 11 is 0. The lowest BCUT2D eigenvalue weighted by atomic mass is 10.2. The molecular formula is C13H15N3O2. The highest BCUT2D eigenvalue weighted by Gasteiger charge is 2.11. The predicted molar refractivity (Wildman–Crippen MR) is 66.5 cm³/mol. The molecule has 2 heterocycles. The summed E-state index contributed by atoms with van der Waals surface area (Å²) in [4.78, 5) is 15.1. The van der Waals surface area contributed by atoms with Gasteiger partial charge in [-0.15, -0.1) is 0 Å². The van der Waals surface area contributed by atoms with Gasteiger partial charge in [-0.25, -0.2) is 4.79 Å². The number of carboxylic acids is 1. The summed E-state index contributed by atoms with van der Waals surface area (Å²) < 4.78 is 1.75. The van der Waals surface area contributed by atoms with Crippen molar-refractivity contribution in [2.75, 3.05) is 0 Å². The Bertz CT molecular complexity index is 534. The first-order valence-electron chi connectivity index (χ1n) is 5.90. The summed E-state index contributed by atoms with van der Waals surface area (Å²) in [6.45, 7) is 2.63. The Kier molecular flexibility index (Phi) is 3.72. The Morgan fingerprint density at radius 2 is 2.28 bits per heavy atom. The first kappa shape index (κ1) is 12.3. The number of aromatic nitrogens is 3. The van der Waals surface area contributed by atoms with Crippen molar-refractivity contribution >= 4 is 5.97 Å². The molecule has 1 N–H and O–H groups in total. The van der Waals surface area contributed by atoms with E-state index in [0.717, 1.165) is 24.2 Å². The molecule has 0 spiro atoms. The van der Waals surface area contributed by atoms with Crippen LogP contribution in [0, 0.1) is 0 Å². The van der Waals surface area contributed by atoms with Crippen molar-refractivity contribution in [2.24, 2.45) is 0 Å². The topological polar surface area (TPSA) is 68.0 Å². The van der Waals surface area contributed by atoms with Gasteiger partial charge in [-0.1, -0.05) is 13.0 Å². The Labute approximate surface area is 105 Å². The summed E-state index contributed by atoms with van der Waals surface area (Å²) in [5, 5.41) is 13.0. The minimum Gasteiger partial charge on any atom is -0.476 e. The molecule has 0 aromatic carbocycles. The van der Waals surface area contributed by atoms with Gasteiger partial charge in [0.2, 0.25) is 0 Å². The summed E-state index contributed by atoms with van der Waals surface area (Å²) in [5.74, 6) is -0.985. The maximum absolute atomic E-state index is 10.9. The number of carboxylic acid groups (broad SMARTS) is 1. The van der Waals surface area contributed by atoms with Crippen LogP contribution in [0.4, 0.5) is 0 Å². The third-order valence-corrected chi connectivity index (χ3v) is 2.75. The number of pyridine rings is 1. The summed E-state index contributed by atoms with van der Waals surface area (Å²) in [6.07, 6.45) is 3.26. The van der Waals surface area contributed by atoms with Crippen LogP contribution >= 0.6 is 0 Å². The van der Waals surface area contributed by atoms with Crippen LogP contribution in [0.5, 0.6) is 0 Å².